The average Bonchev–Trinajstić information content (AvgIpc) is 2.83. The number of nitrogens with one attached hydrogen (secondary N) is 1. The Morgan fingerprint density at radius 1 is 1.21 bits per heavy atom. The molecule has 1 aromatic rings. The highest BCUT2D eigenvalue weighted by molar-refractivity contribution is 5.95. The molecule has 0 amide bonds. The summed E-state index contributed by atoms with van der Waals surface area (Å²) < 4.78 is 0. The molecule has 0 fully saturated rings. The smallest absolute Gasteiger partial charge is 0.0932 e. The first-order valence-corrected chi connectivity index (χ1v) is 9.45. The van der Waals surface area contributed by atoms with Gasteiger partial charge in [0.2, 0.25) is 0 Å². The van der Waals surface area contributed by atoms with Crippen molar-refractivity contribution in [3.8, 4) is 0 Å². The van der Waals surface area contributed by atoms with Crippen molar-refractivity contribution in [1.82, 2.24) is 0 Å². The number of aliphatic imine (C=N–C) groups is 1. The molecule has 0 saturated heterocycles. The van der Waals surface area contributed by atoms with Gasteiger partial charge in [0.25, 0.3) is 0 Å². The lowest BCUT2D eigenvalue weighted by Crippen LogP contribution is -2.09. The van der Waals surface area contributed by atoms with Crippen molar-refractivity contribution in [2.24, 2.45) is 10.9 Å². The molecular formula is C21H32N2O. The molecule has 0 aliphatic carbocycles. The van der Waals surface area contributed by atoms with Crippen LogP contribution < -0.4 is 5.32 Å². The molecule has 0 bridgehead atoms. The fraction of sp³-hybridized carbons (Fsp3) is 0.571. The van der Waals surface area contributed by atoms with Gasteiger partial charge in [-0.3, -0.25) is 4.99 Å². The number of rotatable bonds is 9. The first-order valence-electron chi connectivity index (χ1n) is 9.45. The number of hydrogen-bond donors (Lipinski definition) is 2. The number of allylic oxidation sites excluding steroid dienone is 1. The second kappa shape index (κ2) is 9.63. The maximum atomic E-state index is 9.57. The third kappa shape index (κ3) is 4.94. The zero-order chi connectivity index (χ0) is 17.4. The molecular weight excluding hydrogens is 296 g/mol. The van der Waals surface area contributed by atoms with Crippen LogP contribution in [0.1, 0.15) is 70.4 Å². The second-order valence-electron chi connectivity index (χ2n) is 6.75. The predicted molar refractivity (Wildman–Crippen MR) is 105 cm³/mol. The first kappa shape index (κ1) is 18.7. The van der Waals surface area contributed by atoms with E-state index < -0.39 is 0 Å². The van der Waals surface area contributed by atoms with Crippen molar-refractivity contribution in [2.75, 3.05) is 11.9 Å². The number of unbranched alkanes of at least 4 members (excludes halogenated alkanes) is 3. The third-order valence-electron chi connectivity index (χ3n) is 4.79. The predicted octanol–water partition coefficient (Wildman–Crippen LogP) is 5.71. The minimum absolute atomic E-state index is 0.0631. The molecule has 2 N–H and O–H groups in total. The van der Waals surface area contributed by atoms with Crippen molar-refractivity contribution < 1.29 is 5.11 Å². The van der Waals surface area contributed by atoms with E-state index in [-0.39, 0.29) is 6.61 Å². The summed E-state index contributed by atoms with van der Waals surface area (Å²) >= 11 is 0. The molecule has 0 aromatic heterocycles. The Balaban J connectivity index is 2.27. The van der Waals surface area contributed by atoms with Crippen LogP contribution >= 0.6 is 0 Å². The van der Waals surface area contributed by atoms with E-state index in [0.717, 1.165) is 41.9 Å². The SMILES string of the molecule is CCCCCCNc1cc(CO)cc2c1N=C(C(C)CC)CC=C2. The molecule has 1 unspecified atom stereocenters. The lowest BCUT2D eigenvalue weighted by Gasteiger charge is -2.15. The van der Waals surface area contributed by atoms with E-state index in [1.54, 1.807) is 0 Å². The van der Waals surface area contributed by atoms with Gasteiger partial charge in [-0.25, -0.2) is 0 Å². The summed E-state index contributed by atoms with van der Waals surface area (Å²) in [5, 5.41) is 13.1. The van der Waals surface area contributed by atoms with Crippen LogP contribution in [0.5, 0.6) is 0 Å². The van der Waals surface area contributed by atoms with Gasteiger partial charge in [-0.1, -0.05) is 52.2 Å². The molecule has 3 heteroatoms. The van der Waals surface area contributed by atoms with Gasteiger partial charge in [0, 0.05) is 24.2 Å². The van der Waals surface area contributed by atoms with Crippen LogP contribution in [0.3, 0.4) is 0 Å². The van der Waals surface area contributed by atoms with Crippen LogP contribution in [-0.4, -0.2) is 17.4 Å². The van der Waals surface area contributed by atoms with Crippen molar-refractivity contribution in [2.45, 2.75) is 65.9 Å². The quantitative estimate of drug-likeness (QED) is 0.570. The zero-order valence-corrected chi connectivity index (χ0v) is 15.4. The molecule has 2 rings (SSSR count). The second-order valence-corrected chi connectivity index (χ2v) is 6.75. The van der Waals surface area contributed by atoms with Crippen LogP contribution in [0, 0.1) is 5.92 Å². The van der Waals surface area contributed by atoms with E-state index >= 15 is 0 Å². The zero-order valence-electron chi connectivity index (χ0n) is 15.4. The highest BCUT2D eigenvalue weighted by Crippen LogP contribution is 2.35. The van der Waals surface area contributed by atoms with Gasteiger partial charge in [0.1, 0.15) is 0 Å². The summed E-state index contributed by atoms with van der Waals surface area (Å²) in [6.45, 7) is 7.71. The molecule has 0 radical (unpaired) electrons. The van der Waals surface area contributed by atoms with Crippen LogP contribution in [0.4, 0.5) is 11.4 Å². The monoisotopic (exact) mass is 328 g/mol. The maximum Gasteiger partial charge on any atom is 0.0932 e. The molecule has 24 heavy (non-hydrogen) atoms. The van der Waals surface area contributed by atoms with Gasteiger partial charge in [-0.2, -0.15) is 0 Å². The van der Waals surface area contributed by atoms with Gasteiger partial charge < -0.3 is 10.4 Å². The van der Waals surface area contributed by atoms with E-state index in [4.69, 9.17) is 4.99 Å². The molecule has 1 aliphatic heterocycles. The molecule has 1 atom stereocenters. The van der Waals surface area contributed by atoms with Crippen LogP contribution in [0.15, 0.2) is 23.2 Å². The Labute approximate surface area is 146 Å². The molecule has 1 aliphatic rings. The van der Waals surface area contributed by atoms with Crippen LogP contribution in [-0.2, 0) is 6.61 Å². The summed E-state index contributed by atoms with van der Waals surface area (Å²) in [5.74, 6) is 0.496. The van der Waals surface area contributed by atoms with Crippen molar-refractivity contribution in [3.63, 3.8) is 0 Å². The standard InChI is InChI=1S/C21H32N2O/c1-4-6-7-8-12-22-20-14-17(15-24)13-18-10-9-11-19(16(3)5-2)23-21(18)20/h9-10,13-14,16,22,24H,4-8,11-12,15H2,1-3H3. The minimum atomic E-state index is 0.0631. The minimum Gasteiger partial charge on any atom is -0.392 e. The lowest BCUT2D eigenvalue weighted by molar-refractivity contribution is 0.282. The Morgan fingerprint density at radius 3 is 2.75 bits per heavy atom. The summed E-state index contributed by atoms with van der Waals surface area (Å²) in [4.78, 5) is 5.01. The number of nitrogens with zero attached hydrogens (tertiary/aromatic N) is 1. The maximum absolute atomic E-state index is 9.57. The van der Waals surface area contributed by atoms with Crippen molar-refractivity contribution >= 4 is 23.2 Å². The topological polar surface area (TPSA) is 44.6 Å². The normalized spacial score (nSPS) is 14.8. The number of aliphatic hydroxyl groups is 1. The number of anilines is 1. The summed E-state index contributed by atoms with van der Waals surface area (Å²) in [6, 6.07) is 4.10. The molecule has 3 nitrogen and oxygen atoms in total. The van der Waals surface area contributed by atoms with E-state index in [1.165, 1.54) is 31.4 Å². The Bertz CT molecular complexity index is 590. The Kier molecular flexibility index (Phi) is 7.51. The van der Waals surface area contributed by atoms with Gasteiger partial charge in [-0.15, -0.1) is 0 Å². The van der Waals surface area contributed by atoms with Crippen molar-refractivity contribution in [3.05, 3.63) is 29.3 Å². The fourth-order valence-electron chi connectivity index (χ4n) is 3.01. The van der Waals surface area contributed by atoms with Gasteiger partial charge in [0.05, 0.1) is 18.0 Å². The van der Waals surface area contributed by atoms with Crippen LogP contribution in [0.2, 0.25) is 0 Å². The Morgan fingerprint density at radius 2 is 2.04 bits per heavy atom. The average molecular weight is 329 g/mol. The lowest BCUT2D eigenvalue weighted by atomic mass is 10.0. The third-order valence-corrected chi connectivity index (χ3v) is 4.79. The van der Waals surface area contributed by atoms with Gasteiger partial charge >= 0.3 is 0 Å². The van der Waals surface area contributed by atoms with E-state index in [0.29, 0.717) is 5.92 Å². The summed E-state index contributed by atoms with van der Waals surface area (Å²) in [6.07, 6.45) is 11.3. The number of benzene rings is 1. The molecule has 132 valence electrons. The molecule has 0 saturated carbocycles. The highest BCUT2D eigenvalue weighted by atomic mass is 16.3. The number of hydrogen-bond acceptors (Lipinski definition) is 3. The summed E-state index contributed by atoms with van der Waals surface area (Å²) in [7, 11) is 0. The van der Waals surface area contributed by atoms with E-state index in [1.807, 2.05) is 0 Å². The van der Waals surface area contributed by atoms with Gasteiger partial charge in [-0.05, 0) is 36.5 Å². The van der Waals surface area contributed by atoms with Crippen molar-refractivity contribution in [1.29, 1.82) is 0 Å². The Hall–Kier alpha value is -1.61. The van der Waals surface area contributed by atoms with Gasteiger partial charge in [0.15, 0.2) is 0 Å². The van der Waals surface area contributed by atoms with E-state index in [2.05, 4.69) is 50.4 Å². The fourth-order valence-corrected chi connectivity index (χ4v) is 3.01. The molecule has 0 spiro atoms. The molecule has 1 heterocycles. The highest BCUT2D eigenvalue weighted by Gasteiger charge is 2.15. The largest absolute Gasteiger partial charge is 0.392 e. The molecule has 1 aromatic carbocycles. The first-order chi connectivity index (χ1) is 11.7. The number of aliphatic hydroxyl groups excluding tert-OH is 1. The van der Waals surface area contributed by atoms with Crippen LogP contribution in [0.25, 0.3) is 6.08 Å². The summed E-state index contributed by atoms with van der Waals surface area (Å²) in [5.41, 5.74) is 5.39. The number of fused-ring (bicyclic) bond motifs is 1. The van der Waals surface area contributed by atoms with E-state index in [9.17, 15) is 5.11 Å².